The molecule has 1 fully saturated rings. The molecule has 1 aliphatic rings. The minimum absolute atomic E-state index is 0.453. The van der Waals surface area contributed by atoms with Gasteiger partial charge in [0.25, 0.3) is 0 Å². The molecule has 0 saturated heterocycles. The standard InChI is InChI=1S/C10H10ClNO2/c11-7-3-1-6-12-8(7)10(9(13)14)4-2-5-10/h1,3,6H,2,4-5H2,(H,13,14). The monoisotopic (exact) mass is 211 g/mol. The van der Waals surface area contributed by atoms with E-state index in [9.17, 15) is 4.79 Å². The van der Waals surface area contributed by atoms with Gasteiger partial charge in [-0.25, -0.2) is 0 Å². The number of hydrogen-bond acceptors (Lipinski definition) is 2. The fraction of sp³-hybridized carbons (Fsp3) is 0.400. The summed E-state index contributed by atoms with van der Waals surface area (Å²) in [6.45, 7) is 0. The van der Waals surface area contributed by atoms with Gasteiger partial charge in [-0.2, -0.15) is 0 Å². The third-order valence-corrected chi connectivity index (χ3v) is 3.13. The van der Waals surface area contributed by atoms with Crippen molar-refractivity contribution in [3.63, 3.8) is 0 Å². The van der Waals surface area contributed by atoms with Crippen LogP contribution in [0.25, 0.3) is 0 Å². The van der Waals surface area contributed by atoms with Crippen LogP contribution in [-0.4, -0.2) is 16.1 Å². The molecule has 0 unspecified atom stereocenters. The van der Waals surface area contributed by atoms with Crippen molar-refractivity contribution < 1.29 is 9.90 Å². The number of aromatic nitrogens is 1. The molecule has 14 heavy (non-hydrogen) atoms. The fourth-order valence-corrected chi connectivity index (χ4v) is 2.12. The lowest BCUT2D eigenvalue weighted by atomic mass is 9.66. The Kier molecular flexibility index (Phi) is 2.19. The van der Waals surface area contributed by atoms with Crippen LogP contribution in [-0.2, 0) is 10.2 Å². The molecule has 0 bridgehead atoms. The summed E-state index contributed by atoms with van der Waals surface area (Å²) in [6, 6.07) is 3.40. The number of carboxylic acid groups (broad SMARTS) is 1. The van der Waals surface area contributed by atoms with E-state index in [1.54, 1.807) is 18.3 Å². The van der Waals surface area contributed by atoms with Crippen molar-refractivity contribution in [3.8, 4) is 0 Å². The number of carboxylic acids is 1. The summed E-state index contributed by atoms with van der Waals surface area (Å²) in [6.07, 6.45) is 3.79. The van der Waals surface area contributed by atoms with Gasteiger partial charge >= 0.3 is 5.97 Å². The van der Waals surface area contributed by atoms with E-state index in [4.69, 9.17) is 16.7 Å². The molecule has 4 heteroatoms. The third kappa shape index (κ3) is 1.20. The SMILES string of the molecule is O=C(O)C1(c2ncccc2Cl)CCC1. The third-order valence-electron chi connectivity index (χ3n) is 2.83. The summed E-state index contributed by atoms with van der Waals surface area (Å²) < 4.78 is 0. The number of carbonyl (C=O) groups is 1. The summed E-state index contributed by atoms with van der Waals surface area (Å²) in [7, 11) is 0. The lowest BCUT2D eigenvalue weighted by molar-refractivity contribution is -0.147. The number of halogens is 1. The van der Waals surface area contributed by atoms with E-state index in [1.165, 1.54) is 0 Å². The molecule has 0 spiro atoms. The molecule has 1 N–H and O–H groups in total. The molecule has 0 radical (unpaired) electrons. The summed E-state index contributed by atoms with van der Waals surface area (Å²) >= 11 is 5.94. The largest absolute Gasteiger partial charge is 0.481 e. The number of rotatable bonds is 2. The van der Waals surface area contributed by atoms with Crippen LogP contribution >= 0.6 is 11.6 Å². The Bertz CT molecular complexity index is 374. The smallest absolute Gasteiger partial charge is 0.315 e. The molecular formula is C10H10ClNO2. The van der Waals surface area contributed by atoms with E-state index >= 15 is 0 Å². The molecule has 3 nitrogen and oxygen atoms in total. The predicted molar refractivity (Wildman–Crippen MR) is 52.4 cm³/mol. The number of aliphatic carboxylic acids is 1. The molecule has 1 aromatic rings. The second-order valence-corrected chi connectivity index (χ2v) is 3.98. The number of nitrogens with zero attached hydrogens (tertiary/aromatic N) is 1. The van der Waals surface area contributed by atoms with Crippen LogP contribution in [0.4, 0.5) is 0 Å². The fourth-order valence-electron chi connectivity index (χ4n) is 1.82. The first kappa shape index (κ1) is 9.46. The minimum Gasteiger partial charge on any atom is -0.481 e. The zero-order chi connectivity index (χ0) is 10.2. The highest BCUT2D eigenvalue weighted by Crippen LogP contribution is 2.45. The maximum absolute atomic E-state index is 11.2. The topological polar surface area (TPSA) is 50.2 Å². The molecule has 1 aromatic heterocycles. The Morgan fingerprint density at radius 3 is 2.71 bits per heavy atom. The average Bonchev–Trinajstić information content (AvgIpc) is 2.05. The first-order valence-electron chi connectivity index (χ1n) is 4.51. The van der Waals surface area contributed by atoms with Gasteiger partial charge in [0.15, 0.2) is 0 Å². The second-order valence-electron chi connectivity index (χ2n) is 3.57. The molecule has 1 saturated carbocycles. The van der Waals surface area contributed by atoms with Gasteiger partial charge in [0.1, 0.15) is 5.41 Å². The first-order chi connectivity index (χ1) is 6.67. The van der Waals surface area contributed by atoms with Crippen molar-refractivity contribution in [3.05, 3.63) is 29.0 Å². The van der Waals surface area contributed by atoms with Gasteiger partial charge in [-0.15, -0.1) is 0 Å². The highest BCUT2D eigenvalue weighted by Gasteiger charge is 2.48. The molecule has 1 aliphatic carbocycles. The quantitative estimate of drug-likeness (QED) is 0.816. The van der Waals surface area contributed by atoms with Gasteiger partial charge in [0.05, 0.1) is 10.7 Å². The van der Waals surface area contributed by atoms with Crippen LogP contribution in [0.15, 0.2) is 18.3 Å². The Hall–Kier alpha value is -1.09. The van der Waals surface area contributed by atoms with Gasteiger partial charge in [-0.1, -0.05) is 18.0 Å². The lowest BCUT2D eigenvalue weighted by Crippen LogP contribution is -2.43. The molecule has 0 atom stereocenters. The van der Waals surface area contributed by atoms with Gasteiger partial charge in [-0.05, 0) is 25.0 Å². The highest BCUT2D eigenvalue weighted by molar-refractivity contribution is 6.31. The van der Waals surface area contributed by atoms with Crippen molar-refractivity contribution in [1.29, 1.82) is 0 Å². The first-order valence-corrected chi connectivity index (χ1v) is 4.89. The van der Waals surface area contributed by atoms with Crippen LogP contribution < -0.4 is 0 Å². The molecule has 74 valence electrons. The molecule has 1 heterocycles. The summed E-state index contributed by atoms with van der Waals surface area (Å²) in [4.78, 5) is 15.2. The summed E-state index contributed by atoms with van der Waals surface area (Å²) in [5.74, 6) is -0.815. The Labute approximate surface area is 86.7 Å². The average molecular weight is 212 g/mol. The molecule has 0 aliphatic heterocycles. The Morgan fingerprint density at radius 2 is 2.29 bits per heavy atom. The van der Waals surface area contributed by atoms with Crippen molar-refractivity contribution in [2.75, 3.05) is 0 Å². The lowest BCUT2D eigenvalue weighted by Gasteiger charge is -2.37. The highest BCUT2D eigenvalue weighted by atomic mass is 35.5. The number of hydrogen-bond donors (Lipinski definition) is 1. The van der Waals surface area contributed by atoms with Crippen molar-refractivity contribution in [2.45, 2.75) is 24.7 Å². The summed E-state index contributed by atoms with van der Waals surface area (Å²) in [5.41, 5.74) is -0.307. The zero-order valence-corrected chi connectivity index (χ0v) is 8.29. The van der Waals surface area contributed by atoms with Crippen molar-refractivity contribution in [1.82, 2.24) is 4.98 Å². The van der Waals surface area contributed by atoms with Crippen LogP contribution in [0.5, 0.6) is 0 Å². The van der Waals surface area contributed by atoms with Crippen LogP contribution in [0.2, 0.25) is 5.02 Å². The Morgan fingerprint density at radius 1 is 1.57 bits per heavy atom. The van der Waals surface area contributed by atoms with E-state index in [1.807, 2.05) is 0 Å². The zero-order valence-electron chi connectivity index (χ0n) is 7.53. The van der Waals surface area contributed by atoms with Gasteiger partial charge in [0.2, 0.25) is 0 Å². The Balaban J connectivity index is 2.47. The summed E-state index contributed by atoms with van der Waals surface area (Å²) in [5, 5.41) is 9.62. The minimum atomic E-state index is -0.821. The van der Waals surface area contributed by atoms with Gasteiger partial charge in [0, 0.05) is 6.20 Å². The van der Waals surface area contributed by atoms with E-state index in [0.717, 1.165) is 6.42 Å². The van der Waals surface area contributed by atoms with E-state index in [2.05, 4.69) is 4.98 Å². The van der Waals surface area contributed by atoms with Gasteiger partial charge < -0.3 is 5.11 Å². The van der Waals surface area contributed by atoms with Crippen molar-refractivity contribution in [2.24, 2.45) is 0 Å². The maximum Gasteiger partial charge on any atom is 0.315 e. The van der Waals surface area contributed by atoms with Crippen molar-refractivity contribution >= 4 is 17.6 Å². The second kappa shape index (κ2) is 3.24. The van der Waals surface area contributed by atoms with E-state index in [-0.39, 0.29) is 0 Å². The predicted octanol–water partition coefficient (Wildman–Crippen LogP) is 2.24. The van der Waals surface area contributed by atoms with E-state index in [0.29, 0.717) is 23.6 Å². The molecule has 0 amide bonds. The van der Waals surface area contributed by atoms with Gasteiger partial charge in [-0.3, -0.25) is 9.78 Å². The number of pyridine rings is 1. The maximum atomic E-state index is 11.2. The molecule has 2 rings (SSSR count). The molecule has 0 aromatic carbocycles. The van der Waals surface area contributed by atoms with Crippen LogP contribution in [0.3, 0.4) is 0 Å². The van der Waals surface area contributed by atoms with Crippen LogP contribution in [0.1, 0.15) is 25.0 Å². The van der Waals surface area contributed by atoms with E-state index < -0.39 is 11.4 Å². The normalized spacial score (nSPS) is 18.6. The molecular weight excluding hydrogens is 202 g/mol. The van der Waals surface area contributed by atoms with Crippen LogP contribution in [0, 0.1) is 0 Å².